The van der Waals surface area contributed by atoms with E-state index in [1.165, 1.54) is 12.1 Å². The van der Waals surface area contributed by atoms with Crippen molar-refractivity contribution in [1.82, 2.24) is 0 Å². The molecule has 19 heavy (non-hydrogen) atoms. The second-order valence-corrected chi connectivity index (χ2v) is 5.04. The lowest BCUT2D eigenvalue weighted by Gasteiger charge is -2.26. The molecule has 0 bridgehead atoms. The van der Waals surface area contributed by atoms with Gasteiger partial charge in [-0.05, 0) is 42.7 Å². The maximum atomic E-state index is 13.2. The Hall–Kier alpha value is -1.74. The summed E-state index contributed by atoms with van der Waals surface area (Å²) in [7, 11) is 0. The standard InChI is InChI=1S/C16H16F2O/c1-11-5-3-4-6-15(11)16(2,19)10-12-7-13(17)9-14(18)8-12/h3-9,19H,10H2,1-2H3. The number of hydrogen-bond donors (Lipinski definition) is 1. The molecule has 0 fully saturated rings. The zero-order valence-corrected chi connectivity index (χ0v) is 11.0. The Balaban J connectivity index is 2.33. The Kier molecular flexibility index (Phi) is 3.67. The van der Waals surface area contributed by atoms with Crippen LogP contribution < -0.4 is 0 Å². The average molecular weight is 262 g/mol. The normalized spacial score (nSPS) is 14.2. The van der Waals surface area contributed by atoms with Crippen LogP contribution in [0.5, 0.6) is 0 Å². The monoisotopic (exact) mass is 262 g/mol. The number of hydrogen-bond acceptors (Lipinski definition) is 1. The van der Waals surface area contributed by atoms with Crippen molar-refractivity contribution in [3.63, 3.8) is 0 Å². The summed E-state index contributed by atoms with van der Waals surface area (Å²) in [6, 6.07) is 10.8. The molecule has 0 heterocycles. The topological polar surface area (TPSA) is 20.2 Å². The molecule has 2 rings (SSSR count). The third-order valence-electron chi connectivity index (χ3n) is 3.20. The minimum Gasteiger partial charge on any atom is -0.385 e. The first-order valence-corrected chi connectivity index (χ1v) is 6.12. The highest BCUT2D eigenvalue weighted by molar-refractivity contribution is 5.33. The van der Waals surface area contributed by atoms with Crippen LogP contribution in [0.4, 0.5) is 8.78 Å². The smallest absolute Gasteiger partial charge is 0.126 e. The van der Waals surface area contributed by atoms with Crippen LogP contribution >= 0.6 is 0 Å². The van der Waals surface area contributed by atoms with Gasteiger partial charge in [-0.2, -0.15) is 0 Å². The molecule has 0 aliphatic heterocycles. The van der Waals surface area contributed by atoms with Crippen molar-refractivity contribution in [3.8, 4) is 0 Å². The van der Waals surface area contributed by atoms with Gasteiger partial charge in [-0.3, -0.25) is 0 Å². The van der Waals surface area contributed by atoms with Gasteiger partial charge in [0.05, 0.1) is 5.60 Å². The van der Waals surface area contributed by atoms with Crippen LogP contribution in [0.15, 0.2) is 42.5 Å². The maximum Gasteiger partial charge on any atom is 0.126 e. The van der Waals surface area contributed by atoms with Crippen molar-refractivity contribution in [2.24, 2.45) is 0 Å². The number of aliphatic hydroxyl groups is 1. The van der Waals surface area contributed by atoms with Gasteiger partial charge in [0.25, 0.3) is 0 Å². The molecule has 2 aromatic carbocycles. The van der Waals surface area contributed by atoms with Gasteiger partial charge in [-0.1, -0.05) is 24.3 Å². The number of halogens is 2. The van der Waals surface area contributed by atoms with E-state index in [1.54, 1.807) is 6.92 Å². The van der Waals surface area contributed by atoms with E-state index >= 15 is 0 Å². The molecule has 0 aliphatic rings. The van der Waals surface area contributed by atoms with Crippen LogP contribution in [0.25, 0.3) is 0 Å². The fourth-order valence-corrected chi connectivity index (χ4v) is 2.38. The Morgan fingerprint density at radius 3 is 2.21 bits per heavy atom. The molecule has 0 amide bonds. The van der Waals surface area contributed by atoms with Crippen molar-refractivity contribution < 1.29 is 13.9 Å². The molecule has 0 spiro atoms. The molecule has 1 nitrogen and oxygen atoms in total. The highest BCUT2D eigenvalue weighted by atomic mass is 19.1. The van der Waals surface area contributed by atoms with E-state index in [4.69, 9.17) is 0 Å². The molecule has 0 aliphatic carbocycles. The zero-order chi connectivity index (χ0) is 14.0. The van der Waals surface area contributed by atoms with Crippen molar-refractivity contribution in [2.45, 2.75) is 25.9 Å². The molecule has 3 heteroatoms. The fraction of sp³-hybridized carbons (Fsp3) is 0.250. The van der Waals surface area contributed by atoms with Crippen molar-refractivity contribution >= 4 is 0 Å². The van der Waals surface area contributed by atoms with E-state index in [9.17, 15) is 13.9 Å². The van der Waals surface area contributed by atoms with Crippen LogP contribution in [-0.4, -0.2) is 5.11 Å². The van der Waals surface area contributed by atoms with E-state index in [0.29, 0.717) is 5.56 Å². The van der Waals surface area contributed by atoms with E-state index in [2.05, 4.69) is 0 Å². The number of rotatable bonds is 3. The second kappa shape index (κ2) is 5.10. The highest BCUT2D eigenvalue weighted by Crippen LogP contribution is 2.28. The van der Waals surface area contributed by atoms with E-state index < -0.39 is 17.2 Å². The van der Waals surface area contributed by atoms with Crippen LogP contribution in [0, 0.1) is 18.6 Å². The Morgan fingerprint density at radius 1 is 1.05 bits per heavy atom. The predicted molar refractivity (Wildman–Crippen MR) is 70.8 cm³/mol. The fourth-order valence-electron chi connectivity index (χ4n) is 2.38. The summed E-state index contributed by atoms with van der Waals surface area (Å²) in [6.45, 7) is 3.55. The van der Waals surface area contributed by atoms with Gasteiger partial charge in [-0.25, -0.2) is 8.78 Å². The summed E-state index contributed by atoms with van der Waals surface area (Å²) in [5.41, 5.74) is 0.987. The molecular weight excluding hydrogens is 246 g/mol. The van der Waals surface area contributed by atoms with Gasteiger partial charge in [-0.15, -0.1) is 0 Å². The van der Waals surface area contributed by atoms with Crippen LogP contribution in [0.2, 0.25) is 0 Å². The lowest BCUT2D eigenvalue weighted by Crippen LogP contribution is -2.25. The quantitative estimate of drug-likeness (QED) is 0.893. The molecule has 0 aromatic heterocycles. The van der Waals surface area contributed by atoms with Crippen LogP contribution in [0.1, 0.15) is 23.6 Å². The third-order valence-corrected chi connectivity index (χ3v) is 3.20. The summed E-state index contributed by atoms with van der Waals surface area (Å²) in [6.07, 6.45) is 0.159. The van der Waals surface area contributed by atoms with Gasteiger partial charge in [0.2, 0.25) is 0 Å². The van der Waals surface area contributed by atoms with Crippen LogP contribution in [0.3, 0.4) is 0 Å². The first kappa shape index (κ1) is 13.7. The summed E-state index contributed by atoms with van der Waals surface area (Å²) in [5, 5.41) is 10.6. The van der Waals surface area contributed by atoms with Gasteiger partial charge in [0.15, 0.2) is 0 Å². The molecule has 1 N–H and O–H groups in total. The lowest BCUT2D eigenvalue weighted by atomic mass is 9.86. The summed E-state index contributed by atoms with van der Waals surface area (Å²) in [4.78, 5) is 0. The Morgan fingerprint density at radius 2 is 1.63 bits per heavy atom. The largest absolute Gasteiger partial charge is 0.385 e. The Labute approximate surface area is 111 Å². The van der Waals surface area contributed by atoms with Crippen molar-refractivity contribution in [3.05, 3.63) is 70.8 Å². The Bertz CT molecular complexity index is 571. The highest BCUT2D eigenvalue weighted by Gasteiger charge is 2.25. The lowest BCUT2D eigenvalue weighted by molar-refractivity contribution is 0.0568. The van der Waals surface area contributed by atoms with E-state index in [0.717, 1.165) is 17.2 Å². The van der Waals surface area contributed by atoms with Gasteiger partial charge in [0.1, 0.15) is 11.6 Å². The molecule has 0 radical (unpaired) electrons. The van der Waals surface area contributed by atoms with Gasteiger partial charge in [0, 0.05) is 12.5 Å². The zero-order valence-electron chi connectivity index (χ0n) is 11.0. The molecule has 100 valence electrons. The number of aryl methyl sites for hydroxylation is 1. The third kappa shape index (κ3) is 3.18. The predicted octanol–water partition coefficient (Wildman–Crippen LogP) is 3.72. The molecule has 2 aromatic rings. The van der Waals surface area contributed by atoms with Crippen molar-refractivity contribution in [2.75, 3.05) is 0 Å². The average Bonchev–Trinajstić information content (AvgIpc) is 2.26. The number of benzene rings is 2. The molecular formula is C16H16F2O. The minimum absolute atomic E-state index is 0.159. The summed E-state index contributed by atoms with van der Waals surface area (Å²) >= 11 is 0. The molecule has 0 saturated carbocycles. The van der Waals surface area contributed by atoms with Gasteiger partial charge >= 0.3 is 0 Å². The van der Waals surface area contributed by atoms with Crippen molar-refractivity contribution in [1.29, 1.82) is 0 Å². The first-order valence-electron chi connectivity index (χ1n) is 6.12. The second-order valence-electron chi connectivity index (χ2n) is 5.04. The molecule has 0 saturated heterocycles. The van der Waals surface area contributed by atoms with E-state index in [1.807, 2.05) is 31.2 Å². The maximum absolute atomic E-state index is 13.2. The first-order chi connectivity index (χ1) is 8.88. The minimum atomic E-state index is -1.16. The summed E-state index contributed by atoms with van der Waals surface area (Å²) in [5.74, 6) is -1.26. The summed E-state index contributed by atoms with van der Waals surface area (Å²) < 4.78 is 26.3. The molecule has 1 atom stereocenters. The SMILES string of the molecule is Cc1ccccc1C(C)(O)Cc1cc(F)cc(F)c1. The van der Waals surface area contributed by atoms with E-state index in [-0.39, 0.29) is 6.42 Å². The van der Waals surface area contributed by atoms with Crippen LogP contribution in [-0.2, 0) is 12.0 Å². The van der Waals surface area contributed by atoms with Gasteiger partial charge < -0.3 is 5.11 Å². The molecule has 1 unspecified atom stereocenters.